The molecule has 2 N–H and O–H groups in total. The molecule has 3 rings (SSSR count). The van der Waals surface area contributed by atoms with Crippen molar-refractivity contribution in [1.29, 1.82) is 0 Å². The molecule has 0 aliphatic heterocycles. The van der Waals surface area contributed by atoms with Crippen LogP contribution in [0.15, 0.2) is 60.9 Å². The summed E-state index contributed by atoms with van der Waals surface area (Å²) in [6, 6.07) is 14.3. The number of hydrogen-bond donors (Lipinski definition) is 2. The van der Waals surface area contributed by atoms with Crippen LogP contribution in [0.5, 0.6) is 5.75 Å². The van der Waals surface area contributed by atoms with Crippen LogP contribution in [0.4, 0.5) is 17.1 Å². The summed E-state index contributed by atoms with van der Waals surface area (Å²) in [6.07, 6.45) is 3.14. The molecule has 1 aromatic heterocycles. The lowest BCUT2D eigenvalue weighted by Gasteiger charge is -2.12. The molecule has 0 fully saturated rings. The van der Waals surface area contributed by atoms with Gasteiger partial charge in [-0.2, -0.15) is 0 Å². The predicted octanol–water partition coefficient (Wildman–Crippen LogP) is 4.60. The number of hydrogen-bond acceptors (Lipinski definition) is 5. The predicted molar refractivity (Wildman–Crippen MR) is 110 cm³/mol. The van der Waals surface area contributed by atoms with E-state index in [4.69, 9.17) is 4.74 Å². The quantitative estimate of drug-likeness (QED) is 0.616. The van der Waals surface area contributed by atoms with E-state index in [1.807, 2.05) is 25.1 Å². The highest BCUT2D eigenvalue weighted by atomic mass is 16.5. The Morgan fingerprint density at radius 2 is 1.68 bits per heavy atom. The van der Waals surface area contributed by atoms with Gasteiger partial charge in [-0.15, -0.1) is 0 Å². The van der Waals surface area contributed by atoms with Crippen molar-refractivity contribution in [1.82, 2.24) is 4.98 Å². The van der Waals surface area contributed by atoms with Crippen molar-refractivity contribution >= 4 is 28.8 Å². The minimum Gasteiger partial charge on any atom is -0.495 e. The van der Waals surface area contributed by atoms with Crippen LogP contribution in [0.25, 0.3) is 0 Å². The number of carbonyl (C=O) groups excluding carboxylic acids is 2. The number of benzene rings is 2. The fraction of sp³-hybridized carbons (Fsp3) is 0.136. The molecular formula is C22H21N3O3. The van der Waals surface area contributed by atoms with E-state index in [0.29, 0.717) is 28.3 Å². The van der Waals surface area contributed by atoms with Crippen molar-refractivity contribution in [2.24, 2.45) is 0 Å². The van der Waals surface area contributed by atoms with E-state index in [2.05, 4.69) is 15.6 Å². The summed E-state index contributed by atoms with van der Waals surface area (Å²) < 4.78 is 5.37. The van der Waals surface area contributed by atoms with Gasteiger partial charge in [0.15, 0.2) is 5.78 Å². The van der Waals surface area contributed by atoms with Crippen LogP contribution >= 0.6 is 0 Å². The molecular weight excluding hydrogens is 354 g/mol. The smallest absolute Gasteiger partial charge is 0.257 e. The molecule has 6 nitrogen and oxygen atoms in total. The first-order valence-corrected chi connectivity index (χ1v) is 8.75. The number of pyridine rings is 1. The van der Waals surface area contributed by atoms with Gasteiger partial charge in [-0.25, -0.2) is 0 Å². The second-order valence-electron chi connectivity index (χ2n) is 6.38. The van der Waals surface area contributed by atoms with Gasteiger partial charge < -0.3 is 15.4 Å². The second kappa shape index (κ2) is 8.35. The molecule has 0 bridgehead atoms. The van der Waals surface area contributed by atoms with Gasteiger partial charge in [0.05, 0.1) is 30.2 Å². The topological polar surface area (TPSA) is 80.3 Å². The number of Topliss-reactive ketones (excluding diaryl/α,β-unsaturated/α-hetero) is 1. The fourth-order valence-corrected chi connectivity index (χ4v) is 2.70. The SMILES string of the molecule is COc1ccc(C)cc1Nc1cncc(C(=O)Nc2ccc(C(C)=O)cc2)c1. The standard InChI is InChI=1S/C22H21N3O3/c1-14-4-9-21(28-3)20(10-14)24-19-11-17(12-23-13-19)22(27)25-18-7-5-16(6-8-18)15(2)26/h4-13,24H,1-3H3,(H,25,27). The molecule has 28 heavy (non-hydrogen) atoms. The van der Waals surface area contributed by atoms with Crippen LogP contribution in [-0.2, 0) is 0 Å². The molecule has 1 heterocycles. The Morgan fingerprint density at radius 1 is 0.929 bits per heavy atom. The molecule has 0 saturated carbocycles. The van der Waals surface area contributed by atoms with Crippen LogP contribution in [0.2, 0.25) is 0 Å². The number of anilines is 3. The van der Waals surface area contributed by atoms with Gasteiger partial charge in [0, 0.05) is 17.4 Å². The van der Waals surface area contributed by atoms with E-state index in [1.165, 1.54) is 13.1 Å². The lowest BCUT2D eigenvalue weighted by molar-refractivity contribution is 0.101. The molecule has 142 valence electrons. The van der Waals surface area contributed by atoms with Crippen molar-refractivity contribution in [2.45, 2.75) is 13.8 Å². The molecule has 0 aliphatic rings. The van der Waals surface area contributed by atoms with Crippen molar-refractivity contribution < 1.29 is 14.3 Å². The van der Waals surface area contributed by atoms with Gasteiger partial charge >= 0.3 is 0 Å². The van der Waals surface area contributed by atoms with E-state index < -0.39 is 0 Å². The average molecular weight is 375 g/mol. The third-order valence-corrected chi connectivity index (χ3v) is 4.18. The summed E-state index contributed by atoms with van der Waals surface area (Å²) in [5, 5.41) is 6.04. The van der Waals surface area contributed by atoms with Gasteiger partial charge in [-0.05, 0) is 61.9 Å². The monoisotopic (exact) mass is 375 g/mol. The number of ether oxygens (including phenoxy) is 1. The first kappa shape index (κ1) is 19.1. The maximum atomic E-state index is 12.5. The van der Waals surface area contributed by atoms with Gasteiger partial charge in [0.2, 0.25) is 0 Å². The molecule has 0 saturated heterocycles. The molecule has 0 spiro atoms. The summed E-state index contributed by atoms with van der Waals surface area (Å²) in [6.45, 7) is 3.49. The van der Waals surface area contributed by atoms with Crippen LogP contribution in [0, 0.1) is 6.92 Å². The Morgan fingerprint density at radius 3 is 2.36 bits per heavy atom. The van der Waals surface area contributed by atoms with Gasteiger partial charge in [-0.1, -0.05) is 6.07 Å². The number of nitrogens with zero attached hydrogens (tertiary/aromatic N) is 1. The van der Waals surface area contributed by atoms with E-state index in [1.54, 1.807) is 43.6 Å². The van der Waals surface area contributed by atoms with E-state index in [-0.39, 0.29) is 11.7 Å². The highest BCUT2D eigenvalue weighted by Crippen LogP contribution is 2.28. The molecule has 0 radical (unpaired) electrons. The molecule has 0 unspecified atom stereocenters. The number of carbonyl (C=O) groups is 2. The highest BCUT2D eigenvalue weighted by Gasteiger charge is 2.10. The van der Waals surface area contributed by atoms with Crippen LogP contribution in [-0.4, -0.2) is 23.8 Å². The molecule has 6 heteroatoms. The summed E-state index contributed by atoms with van der Waals surface area (Å²) in [7, 11) is 1.61. The molecule has 0 atom stereocenters. The lowest BCUT2D eigenvalue weighted by Crippen LogP contribution is -2.12. The number of ketones is 1. The number of rotatable bonds is 6. The van der Waals surface area contributed by atoms with E-state index in [0.717, 1.165) is 11.3 Å². The third-order valence-electron chi connectivity index (χ3n) is 4.18. The van der Waals surface area contributed by atoms with E-state index >= 15 is 0 Å². The average Bonchev–Trinajstić information content (AvgIpc) is 2.69. The number of methoxy groups -OCH3 is 1. The summed E-state index contributed by atoms with van der Waals surface area (Å²) in [4.78, 5) is 28.0. The van der Waals surface area contributed by atoms with Crippen molar-refractivity contribution in [3.05, 3.63) is 77.6 Å². The van der Waals surface area contributed by atoms with Gasteiger partial charge in [-0.3, -0.25) is 14.6 Å². The Hall–Kier alpha value is -3.67. The molecule has 1 amide bonds. The summed E-state index contributed by atoms with van der Waals surface area (Å²) in [5.41, 5.74) is 4.16. The van der Waals surface area contributed by atoms with Crippen molar-refractivity contribution in [3.8, 4) is 5.75 Å². The van der Waals surface area contributed by atoms with Crippen molar-refractivity contribution in [2.75, 3.05) is 17.7 Å². The van der Waals surface area contributed by atoms with Gasteiger partial charge in [0.25, 0.3) is 5.91 Å². The lowest BCUT2D eigenvalue weighted by atomic mass is 10.1. The number of nitrogens with one attached hydrogen (secondary N) is 2. The second-order valence-corrected chi connectivity index (χ2v) is 6.38. The normalized spacial score (nSPS) is 10.2. The molecule has 0 aliphatic carbocycles. The summed E-state index contributed by atoms with van der Waals surface area (Å²) in [5.74, 6) is 0.390. The Kier molecular flexibility index (Phi) is 5.69. The zero-order chi connectivity index (χ0) is 20.1. The van der Waals surface area contributed by atoms with E-state index in [9.17, 15) is 9.59 Å². The van der Waals surface area contributed by atoms with Crippen LogP contribution < -0.4 is 15.4 Å². The molecule has 2 aromatic carbocycles. The Balaban J connectivity index is 1.76. The third kappa shape index (κ3) is 4.54. The number of aryl methyl sites for hydroxylation is 1. The number of aromatic nitrogens is 1. The largest absolute Gasteiger partial charge is 0.495 e. The minimum atomic E-state index is -0.289. The Bertz CT molecular complexity index is 1010. The zero-order valence-electron chi connectivity index (χ0n) is 15.9. The maximum absolute atomic E-state index is 12.5. The van der Waals surface area contributed by atoms with Gasteiger partial charge in [0.1, 0.15) is 5.75 Å². The first-order chi connectivity index (χ1) is 13.5. The van der Waals surface area contributed by atoms with Crippen LogP contribution in [0.3, 0.4) is 0 Å². The minimum absolute atomic E-state index is 0.0209. The Labute approximate surface area is 163 Å². The van der Waals surface area contributed by atoms with Crippen molar-refractivity contribution in [3.63, 3.8) is 0 Å². The molecule has 3 aromatic rings. The summed E-state index contributed by atoms with van der Waals surface area (Å²) >= 11 is 0. The zero-order valence-corrected chi connectivity index (χ0v) is 15.9. The maximum Gasteiger partial charge on any atom is 0.257 e. The fourth-order valence-electron chi connectivity index (χ4n) is 2.70. The highest BCUT2D eigenvalue weighted by molar-refractivity contribution is 6.05. The van der Waals surface area contributed by atoms with Crippen LogP contribution in [0.1, 0.15) is 33.2 Å². The first-order valence-electron chi connectivity index (χ1n) is 8.75. The number of amides is 1.